The average Bonchev–Trinajstić information content (AvgIpc) is 2.79. The number of allylic oxidation sites excluding steroid dienone is 4. The second-order valence-electron chi connectivity index (χ2n) is 7.58. The number of halogens is 3. The molecule has 5 atom stereocenters. The number of hydrogen-bond acceptors (Lipinski definition) is 8. The Kier molecular flexibility index (Phi) is 7.38. The fraction of sp³-hybridized carbons (Fsp3) is 0.364. The minimum absolute atomic E-state index is 0.00820. The van der Waals surface area contributed by atoms with Crippen molar-refractivity contribution in [2.75, 3.05) is 11.9 Å². The van der Waals surface area contributed by atoms with Gasteiger partial charge in [-0.2, -0.15) is 13.2 Å². The molecule has 1 aromatic carbocycles. The van der Waals surface area contributed by atoms with Gasteiger partial charge < -0.3 is 35.0 Å². The molecule has 0 fully saturated rings. The second-order valence-corrected chi connectivity index (χ2v) is 7.58. The first-order valence-electron chi connectivity index (χ1n) is 9.96. The molecule has 0 radical (unpaired) electrons. The molecule has 0 spiro atoms. The minimum Gasteiger partial charge on any atom is -0.422 e. The molecule has 1 unspecified atom stereocenters. The van der Waals surface area contributed by atoms with Crippen LogP contribution in [0.5, 0.6) is 0 Å². The number of aldehydes is 1. The lowest BCUT2D eigenvalue weighted by atomic mass is 9.88. The average molecular weight is 469 g/mol. The standard InChI is InChI=1S/C22H22F3NO7/c23-22(24,25)18-13-7-6-12(26-14(9-27)19(30)20(31)15(29)10-28)8-16(13)33-21(32)17(18)11-4-2-1-3-5-11/h1-4,6-9,11,14-15,19-20,26,28-31H,5,10H2/t11?,14-,15+,19+,20+/m0/s1. The zero-order valence-corrected chi connectivity index (χ0v) is 17.1. The first-order chi connectivity index (χ1) is 15.6. The molecule has 33 heavy (non-hydrogen) atoms. The van der Waals surface area contributed by atoms with E-state index < -0.39 is 65.4 Å². The molecule has 178 valence electrons. The molecule has 0 saturated heterocycles. The van der Waals surface area contributed by atoms with Crippen molar-refractivity contribution in [1.82, 2.24) is 0 Å². The van der Waals surface area contributed by atoms with Crippen molar-refractivity contribution in [2.24, 2.45) is 0 Å². The van der Waals surface area contributed by atoms with Gasteiger partial charge in [-0.05, 0) is 18.6 Å². The number of anilines is 1. The van der Waals surface area contributed by atoms with E-state index in [9.17, 15) is 38.1 Å². The van der Waals surface area contributed by atoms with E-state index in [-0.39, 0.29) is 23.8 Å². The molecule has 0 aliphatic heterocycles. The number of rotatable bonds is 8. The molecule has 1 aliphatic rings. The van der Waals surface area contributed by atoms with Gasteiger partial charge in [0.1, 0.15) is 36.2 Å². The predicted octanol–water partition coefficient (Wildman–Crippen LogP) is 1.47. The van der Waals surface area contributed by atoms with E-state index in [4.69, 9.17) is 9.52 Å². The summed E-state index contributed by atoms with van der Waals surface area (Å²) in [5.41, 5.74) is -3.15. The quantitative estimate of drug-likeness (QED) is 0.289. The van der Waals surface area contributed by atoms with Crippen molar-refractivity contribution in [3.63, 3.8) is 0 Å². The maximum Gasteiger partial charge on any atom is 0.417 e. The van der Waals surface area contributed by atoms with E-state index in [0.29, 0.717) is 0 Å². The van der Waals surface area contributed by atoms with E-state index in [1.54, 1.807) is 18.2 Å². The molecule has 1 aliphatic carbocycles. The third-order valence-electron chi connectivity index (χ3n) is 5.36. The Balaban J connectivity index is 2.03. The number of aliphatic hydroxyl groups is 4. The highest BCUT2D eigenvalue weighted by Crippen LogP contribution is 2.40. The van der Waals surface area contributed by atoms with Crippen LogP contribution in [0.1, 0.15) is 23.5 Å². The molecule has 1 heterocycles. The normalized spacial score (nSPS) is 19.8. The van der Waals surface area contributed by atoms with Gasteiger partial charge in [-0.15, -0.1) is 0 Å². The van der Waals surface area contributed by atoms with Gasteiger partial charge in [-0.25, -0.2) is 4.79 Å². The third kappa shape index (κ3) is 5.17. The monoisotopic (exact) mass is 469 g/mol. The van der Waals surface area contributed by atoms with Crippen LogP contribution in [0.4, 0.5) is 18.9 Å². The van der Waals surface area contributed by atoms with Crippen molar-refractivity contribution in [3.8, 4) is 0 Å². The lowest BCUT2D eigenvalue weighted by molar-refractivity contribution is -0.137. The minimum atomic E-state index is -4.85. The summed E-state index contributed by atoms with van der Waals surface area (Å²) in [7, 11) is 0. The van der Waals surface area contributed by atoms with Crippen molar-refractivity contribution >= 4 is 22.9 Å². The van der Waals surface area contributed by atoms with E-state index in [1.165, 1.54) is 12.1 Å². The van der Waals surface area contributed by atoms with E-state index >= 15 is 0 Å². The van der Waals surface area contributed by atoms with Gasteiger partial charge in [0.15, 0.2) is 0 Å². The number of fused-ring (bicyclic) bond motifs is 1. The number of carbonyl (C=O) groups excluding carboxylic acids is 1. The smallest absolute Gasteiger partial charge is 0.417 e. The maximum absolute atomic E-state index is 14.0. The van der Waals surface area contributed by atoms with Crippen molar-refractivity contribution in [1.29, 1.82) is 0 Å². The van der Waals surface area contributed by atoms with Crippen molar-refractivity contribution in [2.45, 2.75) is 42.9 Å². The molecule has 11 heteroatoms. The van der Waals surface area contributed by atoms with Crippen LogP contribution < -0.4 is 10.9 Å². The molecule has 0 bridgehead atoms. The van der Waals surface area contributed by atoms with Crippen molar-refractivity contribution < 1.29 is 42.8 Å². The number of alkyl halides is 3. The molecule has 0 saturated carbocycles. The first kappa shape index (κ1) is 24.6. The third-order valence-corrected chi connectivity index (χ3v) is 5.36. The number of nitrogens with one attached hydrogen (secondary N) is 1. The summed E-state index contributed by atoms with van der Waals surface area (Å²) < 4.78 is 47.2. The van der Waals surface area contributed by atoms with Gasteiger partial charge in [0.2, 0.25) is 0 Å². The van der Waals surface area contributed by atoms with Gasteiger partial charge in [0.05, 0.1) is 17.7 Å². The summed E-state index contributed by atoms with van der Waals surface area (Å²) in [6, 6.07) is 1.83. The Morgan fingerprint density at radius 1 is 1.18 bits per heavy atom. The van der Waals surface area contributed by atoms with Gasteiger partial charge in [-0.3, -0.25) is 0 Å². The Bertz CT molecular complexity index is 1130. The lowest BCUT2D eigenvalue weighted by Crippen LogP contribution is -2.49. The van der Waals surface area contributed by atoms with Gasteiger partial charge in [0, 0.05) is 23.1 Å². The highest BCUT2D eigenvalue weighted by molar-refractivity contribution is 5.85. The van der Waals surface area contributed by atoms with E-state index in [2.05, 4.69) is 5.32 Å². The highest BCUT2D eigenvalue weighted by atomic mass is 19.4. The summed E-state index contributed by atoms with van der Waals surface area (Å²) in [6.07, 6.45) is -3.53. The Morgan fingerprint density at radius 3 is 2.48 bits per heavy atom. The van der Waals surface area contributed by atoms with Crippen LogP contribution in [0.25, 0.3) is 11.0 Å². The van der Waals surface area contributed by atoms with E-state index in [1.807, 2.05) is 0 Å². The zero-order valence-electron chi connectivity index (χ0n) is 17.1. The molecular formula is C22H22F3NO7. The Hall–Kier alpha value is -2.99. The summed E-state index contributed by atoms with van der Waals surface area (Å²) in [6.45, 7) is -0.876. The summed E-state index contributed by atoms with van der Waals surface area (Å²) >= 11 is 0. The fourth-order valence-corrected chi connectivity index (χ4v) is 3.68. The topological polar surface area (TPSA) is 140 Å². The largest absolute Gasteiger partial charge is 0.422 e. The van der Waals surface area contributed by atoms with Crippen LogP contribution in [0.15, 0.2) is 51.7 Å². The molecule has 0 amide bonds. The molecule has 1 aromatic heterocycles. The zero-order chi connectivity index (χ0) is 24.3. The molecule has 2 aromatic rings. The Morgan fingerprint density at radius 2 is 1.91 bits per heavy atom. The molecule has 5 N–H and O–H groups in total. The molecule has 3 rings (SSSR count). The fourth-order valence-electron chi connectivity index (χ4n) is 3.68. The van der Waals surface area contributed by atoms with E-state index in [0.717, 1.165) is 12.1 Å². The summed E-state index contributed by atoms with van der Waals surface area (Å²) in [5.74, 6) is -0.806. The summed E-state index contributed by atoms with van der Waals surface area (Å²) in [5, 5.41) is 40.4. The Labute approximate surface area is 185 Å². The molecular weight excluding hydrogens is 447 g/mol. The summed E-state index contributed by atoms with van der Waals surface area (Å²) in [4.78, 5) is 23.9. The number of carbonyl (C=O) groups is 1. The first-order valence-corrected chi connectivity index (χ1v) is 9.96. The van der Waals surface area contributed by atoms with Crippen LogP contribution in [0.3, 0.4) is 0 Å². The maximum atomic E-state index is 14.0. The number of aliphatic hydroxyl groups excluding tert-OH is 4. The van der Waals surface area contributed by atoms with Crippen LogP contribution in [0.2, 0.25) is 0 Å². The van der Waals surface area contributed by atoms with Crippen LogP contribution in [0, 0.1) is 0 Å². The number of benzene rings is 1. The van der Waals surface area contributed by atoms with Gasteiger partial charge >= 0.3 is 11.8 Å². The van der Waals surface area contributed by atoms with Crippen molar-refractivity contribution in [3.05, 3.63) is 64.1 Å². The lowest BCUT2D eigenvalue weighted by Gasteiger charge is -2.27. The predicted molar refractivity (Wildman–Crippen MR) is 112 cm³/mol. The number of hydrogen-bond donors (Lipinski definition) is 5. The second kappa shape index (κ2) is 9.87. The highest BCUT2D eigenvalue weighted by Gasteiger charge is 2.39. The molecule has 8 nitrogen and oxygen atoms in total. The van der Waals surface area contributed by atoms with Gasteiger partial charge in [-0.1, -0.05) is 24.3 Å². The van der Waals surface area contributed by atoms with Gasteiger partial charge in [0.25, 0.3) is 0 Å². The van der Waals surface area contributed by atoms with Crippen LogP contribution >= 0.6 is 0 Å². The SMILES string of the molecule is O=C[C@H](Nc1ccc2c(C(F)(F)F)c(C3C=CC=CC3)c(=O)oc2c1)[C@@H](O)[C@H](O)[C@H](O)CO. The van der Waals surface area contributed by atoms with Crippen LogP contribution in [-0.2, 0) is 11.0 Å². The van der Waals surface area contributed by atoms with Crippen LogP contribution in [-0.4, -0.2) is 57.7 Å².